The minimum Gasteiger partial charge on any atom is -0.317 e. The van der Waals surface area contributed by atoms with E-state index in [2.05, 4.69) is 5.32 Å². The first-order chi connectivity index (χ1) is 6.05. The highest BCUT2D eigenvalue weighted by Gasteiger charge is 2.28. The maximum absolute atomic E-state index is 13.3. The van der Waals surface area contributed by atoms with Gasteiger partial charge in [0.05, 0.1) is 11.5 Å². The number of alkyl halides is 1. The van der Waals surface area contributed by atoms with Crippen LogP contribution in [0.3, 0.4) is 0 Å². The van der Waals surface area contributed by atoms with Crippen LogP contribution in [0.4, 0.5) is 4.39 Å². The van der Waals surface area contributed by atoms with E-state index in [1.165, 1.54) is 0 Å². The minimum atomic E-state index is -2.85. The fraction of sp³-hybridized carbons (Fsp3) is 1.00. The van der Waals surface area contributed by atoms with Crippen molar-refractivity contribution in [2.24, 2.45) is 5.92 Å². The topological polar surface area (TPSA) is 46.2 Å². The van der Waals surface area contributed by atoms with Gasteiger partial charge in [-0.05, 0) is 25.8 Å². The molecular weight excluding hydrogens is 193 g/mol. The molecule has 0 aromatic rings. The zero-order chi connectivity index (χ0) is 9.90. The lowest BCUT2D eigenvalue weighted by atomic mass is 9.97. The van der Waals surface area contributed by atoms with Gasteiger partial charge in [0.15, 0.2) is 0 Å². The number of hydrogen-bond acceptors (Lipinski definition) is 3. The van der Waals surface area contributed by atoms with Crippen molar-refractivity contribution in [3.8, 4) is 0 Å². The third-order valence-corrected chi connectivity index (χ3v) is 4.23. The predicted molar refractivity (Wildman–Crippen MR) is 50.2 cm³/mol. The summed E-state index contributed by atoms with van der Waals surface area (Å²) in [6.07, 6.45) is 0.0524. The number of nitrogens with one attached hydrogen (secondary N) is 1. The Labute approximate surface area is 78.6 Å². The quantitative estimate of drug-likeness (QED) is 0.730. The van der Waals surface area contributed by atoms with Crippen LogP contribution in [0.5, 0.6) is 0 Å². The van der Waals surface area contributed by atoms with E-state index in [0.717, 1.165) is 0 Å². The summed E-state index contributed by atoms with van der Waals surface area (Å²) in [4.78, 5) is 0. The maximum atomic E-state index is 13.3. The fourth-order valence-electron chi connectivity index (χ4n) is 1.63. The first-order valence-electron chi connectivity index (χ1n) is 4.54. The molecule has 5 heteroatoms. The van der Waals surface area contributed by atoms with Crippen molar-refractivity contribution < 1.29 is 12.8 Å². The van der Waals surface area contributed by atoms with Gasteiger partial charge in [-0.3, -0.25) is 0 Å². The van der Waals surface area contributed by atoms with Gasteiger partial charge in [0.1, 0.15) is 16.0 Å². The molecule has 78 valence electrons. The Hall–Kier alpha value is -0.160. The normalized spacial score (nSPS) is 25.7. The summed E-state index contributed by atoms with van der Waals surface area (Å²) in [6, 6.07) is 0. The van der Waals surface area contributed by atoms with E-state index in [1.54, 1.807) is 7.05 Å². The maximum Gasteiger partial charge on any atom is 0.150 e. The van der Waals surface area contributed by atoms with Gasteiger partial charge in [0, 0.05) is 6.54 Å². The lowest BCUT2D eigenvalue weighted by Crippen LogP contribution is -2.33. The van der Waals surface area contributed by atoms with Crippen molar-refractivity contribution in [1.82, 2.24) is 5.32 Å². The van der Waals surface area contributed by atoms with Crippen LogP contribution in [0.2, 0.25) is 0 Å². The third-order valence-electron chi connectivity index (χ3n) is 2.51. The highest BCUT2D eigenvalue weighted by atomic mass is 32.2. The summed E-state index contributed by atoms with van der Waals surface area (Å²) in [7, 11) is -1.15. The van der Waals surface area contributed by atoms with Crippen molar-refractivity contribution in [3.63, 3.8) is 0 Å². The third kappa shape index (κ3) is 3.23. The second-order valence-electron chi connectivity index (χ2n) is 3.56. The fourth-order valence-corrected chi connectivity index (χ4v) is 3.16. The van der Waals surface area contributed by atoms with Crippen LogP contribution in [-0.2, 0) is 9.84 Å². The van der Waals surface area contributed by atoms with Crippen LogP contribution in [-0.4, -0.2) is 39.7 Å². The lowest BCUT2D eigenvalue weighted by Gasteiger charge is -2.24. The smallest absolute Gasteiger partial charge is 0.150 e. The van der Waals surface area contributed by atoms with E-state index in [4.69, 9.17) is 0 Å². The van der Waals surface area contributed by atoms with Crippen molar-refractivity contribution in [2.45, 2.75) is 19.0 Å². The molecule has 1 saturated heterocycles. The standard InChI is InChI=1S/C8H16FNO2S/c1-10-6-8(9)7-2-4-13(11,12)5-3-7/h7-8,10H,2-6H2,1H3. The minimum absolute atomic E-state index is 0.0732. The van der Waals surface area contributed by atoms with E-state index in [1.807, 2.05) is 0 Å². The van der Waals surface area contributed by atoms with Gasteiger partial charge in [-0.1, -0.05) is 0 Å². The number of rotatable bonds is 3. The van der Waals surface area contributed by atoms with Gasteiger partial charge in [-0.2, -0.15) is 0 Å². The van der Waals surface area contributed by atoms with Crippen molar-refractivity contribution in [2.75, 3.05) is 25.1 Å². The molecule has 0 aromatic carbocycles. The summed E-state index contributed by atoms with van der Waals surface area (Å²) in [5, 5.41) is 2.76. The number of halogens is 1. The summed E-state index contributed by atoms with van der Waals surface area (Å²) in [5.74, 6) is 0.236. The number of hydrogen-bond donors (Lipinski definition) is 1. The first-order valence-corrected chi connectivity index (χ1v) is 6.36. The zero-order valence-corrected chi connectivity index (χ0v) is 8.61. The van der Waals surface area contributed by atoms with E-state index in [9.17, 15) is 12.8 Å². The first kappa shape index (κ1) is 10.9. The molecule has 0 aromatic heterocycles. The molecule has 13 heavy (non-hydrogen) atoms. The van der Waals surface area contributed by atoms with E-state index in [-0.39, 0.29) is 17.4 Å². The highest BCUT2D eigenvalue weighted by molar-refractivity contribution is 7.91. The molecule has 1 heterocycles. The lowest BCUT2D eigenvalue weighted by molar-refractivity contribution is 0.211. The molecule has 1 aliphatic rings. The summed E-state index contributed by atoms with van der Waals surface area (Å²) in [6.45, 7) is 0.324. The van der Waals surface area contributed by atoms with Crippen LogP contribution in [0, 0.1) is 5.92 Å². The Bertz CT molecular complexity index is 239. The van der Waals surface area contributed by atoms with Gasteiger partial charge < -0.3 is 5.32 Å². The zero-order valence-electron chi connectivity index (χ0n) is 7.79. The average molecular weight is 209 g/mol. The molecule has 1 unspecified atom stereocenters. The Morgan fingerprint density at radius 3 is 2.46 bits per heavy atom. The SMILES string of the molecule is CNCC(F)C1CCS(=O)(=O)CC1. The molecule has 1 N–H and O–H groups in total. The Morgan fingerprint density at radius 1 is 1.46 bits per heavy atom. The van der Waals surface area contributed by atoms with Crippen LogP contribution < -0.4 is 5.32 Å². The predicted octanol–water partition coefficient (Wildman–Crippen LogP) is 0.369. The van der Waals surface area contributed by atoms with Gasteiger partial charge in [-0.15, -0.1) is 0 Å². The molecule has 0 radical (unpaired) electrons. The van der Waals surface area contributed by atoms with Crippen LogP contribution >= 0.6 is 0 Å². The molecule has 0 spiro atoms. The van der Waals surface area contributed by atoms with Crippen molar-refractivity contribution >= 4 is 9.84 Å². The van der Waals surface area contributed by atoms with Gasteiger partial charge >= 0.3 is 0 Å². The van der Waals surface area contributed by atoms with E-state index in [0.29, 0.717) is 19.4 Å². The van der Waals surface area contributed by atoms with Crippen molar-refractivity contribution in [1.29, 1.82) is 0 Å². The second kappa shape index (κ2) is 4.37. The summed E-state index contributed by atoms with van der Waals surface area (Å²) in [5.41, 5.74) is 0. The van der Waals surface area contributed by atoms with Crippen molar-refractivity contribution in [3.05, 3.63) is 0 Å². The molecule has 1 rings (SSSR count). The van der Waals surface area contributed by atoms with Crippen LogP contribution in [0.15, 0.2) is 0 Å². The molecule has 1 atom stereocenters. The van der Waals surface area contributed by atoms with Crippen LogP contribution in [0.25, 0.3) is 0 Å². The highest BCUT2D eigenvalue weighted by Crippen LogP contribution is 2.23. The summed E-state index contributed by atoms with van der Waals surface area (Å²) >= 11 is 0. The molecule has 1 fully saturated rings. The molecule has 0 bridgehead atoms. The molecule has 0 saturated carbocycles. The Morgan fingerprint density at radius 2 is 2.00 bits per heavy atom. The van der Waals surface area contributed by atoms with Gasteiger partial charge in [-0.25, -0.2) is 12.8 Å². The van der Waals surface area contributed by atoms with E-state index < -0.39 is 16.0 Å². The van der Waals surface area contributed by atoms with E-state index >= 15 is 0 Å². The molecule has 1 aliphatic heterocycles. The molecular formula is C8H16FNO2S. The molecule has 0 amide bonds. The second-order valence-corrected chi connectivity index (χ2v) is 5.87. The summed E-state index contributed by atoms with van der Waals surface area (Å²) < 4.78 is 35.4. The number of sulfone groups is 1. The molecule has 3 nitrogen and oxygen atoms in total. The average Bonchev–Trinajstić information content (AvgIpc) is 2.04. The largest absolute Gasteiger partial charge is 0.317 e. The molecule has 0 aliphatic carbocycles. The van der Waals surface area contributed by atoms with Crippen LogP contribution in [0.1, 0.15) is 12.8 Å². The monoisotopic (exact) mass is 209 g/mol. The van der Waals surface area contributed by atoms with Gasteiger partial charge in [0.25, 0.3) is 0 Å². The Kier molecular flexibility index (Phi) is 3.67. The van der Waals surface area contributed by atoms with Gasteiger partial charge in [0.2, 0.25) is 0 Å². The Balaban J connectivity index is 2.40.